The molecule has 1 aromatic carbocycles. The quantitative estimate of drug-likeness (QED) is 0.736. The fourth-order valence-electron chi connectivity index (χ4n) is 3.62. The third-order valence-electron chi connectivity index (χ3n) is 4.97. The molecule has 25 heavy (non-hydrogen) atoms. The zero-order valence-electron chi connectivity index (χ0n) is 14.1. The number of rotatable bonds is 4. The predicted molar refractivity (Wildman–Crippen MR) is 99.8 cm³/mol. The molecule has 0 spiro atoms. The van der Waals surface area contributed by atoms with Gasteiger partial charge in [0.2, 0.25) is 0 Å². The summed E-state index contributed by atoms with van der Waals surface area (Å²) in [7, 11) is 0. The Bertz CT molecular complexity index is 888. The van der Waals surface area contributed by atoms with Crippen molar-refractivity contribution in [3.05, 3.63) is 53.4 Å². The molecule has 6 heteroatoms. The average Bonchev–Trinajstić information content (AvgIpc) is 3.17. The molecule has 130 valence electrons. The Kier molecular flexibility index (Phi) is 4.13. The van der Waals surface area contributed by atoms with Gasteiger partial charge in [0, 0.05) is 23.8 Å². The van der Waals surface area contributed by atoms with Gasteiger partial charge in [-0.3, -0.25) is 0 Å². The highest BCUT2D eigenvalue weighted by Crippen LogP contribution is 2.39. The SMILES string of the molecule is C[C@@]1(O)CC[C@@H](n2ccc3c(NCc4ccc(Cl)cc4)ncnc32)C1. The second-order valence-corrected chi connectivity index (χ2v) is 7.49. The third kappa shape index (κ3) is 3.34. The Hall–Kier alpha value is -2.11. The Balaban J connectivity index is 1.57. The van der Waals surface area contributed by atoms with Crippen LogP contribution in [-0.2, 0) is 6.54 Å². The van der Waals surface area contributed by atoms with Gasteiger partial charge < -0.3 is 15.0 Å². The summed E-state index contributed by atoms with van der Waals surface area (Å²) in [5, 5.41) is 15.4. The summed E-state index contributed by atoms with van der Waals surface area (Å²) >= 11 is 5.93. The van der Waals surface area contributed by atoms with Crippen LogP contribution in [0.5, 0.6) is 0 Å². The molecule has 0 radical (unpaired) electrons. The lowest BCUT2D eigenvalue weighted by Gasteiger charge is -2.17. The van der Waals surface area contributed by atoms with Crippen LogP contribution in [0.2, 0.25) is 5.02 Å². The zero-order valence-corrected chi connectivity index (χ0v) is 14.9. The van der Waals surface area contributed by atoms with Crippen LogP contribution < -0.4 is 5.32 Å². The number of aromatic nitrogens is 3. The van der Waals surface area contributed by atoms with E-state index in [1.165, 1.54) is 0 Å². The van der Waals surface area contributed by atoms with Gasteiger partial charge in [-0.25, -0.2) is 9.97 Å². The third-order valence-corrected chi connectivity index (χ3v) is 5.22. The molecule has 4 rings (SSSR count). The van der Waals surface area contributed by atoms with E-state index >= 15 is 0 Å². The largest absolute Gasteiger partial charge is 0.390 e. The molecule has 2 aromatic heterocycles. The number of halogens is 1. The van der Waals surface area contributed by atoms with Crippen molar-refractivity contribution < 1.29 is 5.11 Å². The van der Waals surface area contributed by atoms with Crippen LogP contribution in [0.1, 0.15) is 37.8 Å². The molecule has 2 heterocycles. The standard InChI is InChI=1S/C19H21ClN4O/c1-19(25)8-6-15(10-19)24-9-7-16-17(22-12-23-18(16)24)21-11-13-2-4-14(20)5-3-13/h2-5,7,9,12,15,25H,6,8,10-11H2,1H3,(H,21,22,23)/t15-,19-/m1/s1. The first-order valence-corrected chi connectivity index (χ1v) is 8.92. The number of fused-ring (bicyclic) bond motifs is 1. The van der Waals surface area contributed by atoms with Crippen molar-refractivity contribution in [2.45, 2.75) is 44.4 Å². The maximum Gasteiger partial charge on any atom is 0.145 e. The summed E-state index contributed by atoms with van der Waals surface area (Å²) in [6.45, 7) is 2.58. The lowest BCUT2D eigenvalue weighted by Crippen LogP contribution is -2.19. The fourth-order valence-corrected chi connectivity index (χ4v) is 3.75. The lowest BCUT2D eigenvalue weighted by molar-refractivity contribution is 0.0643. The van der Waals surface area contributed by atoms with Crippen molar-refractivity contribution in [2.24, 2.45) is 0 Å². The van der Waals surface area contributed by atoms with E-state index in [0.717, 1.165) is 46.7 Å². The Morgan fingerprint density at radius 2 is 2.08 bits per heavy atom. The van der Waals surface area contributed by atoms with E-state index in [0.29, 0.717) is 6.54 Å². The van der Waals surface area contributed by atoms with E-state index in [9.17, 15) is 5.11 Å². The minimum absolute atomic E-state index is 0.284. The molecular weight excluding hydrogens is 336 g/mol. The number of hydrogen-bond acceptors (Lipinski definition) is 4. The first kappa shape index (κ1) is 16.4. The molecular formula is C19H21ClN4O. The number of hydrogen-bond donors (Lipinski definition) is 2. The van der Waals surface area contributed by atoms with Crippen molar-refractivity contribution >= 4 is 28.5 Å². The molecule has 3 aromatic rings. The maximum atomic E-state index is 10.3. The van der Waals surface area contributed by atoms with Crippen molar-refractivity contribution in [2.75, 3.05) is 5.32 Å². The molecule has 5 nitrogen and oxygen atoms in total. The van der Waals surface area contributed by atoms with Gasteiger partial charge in [-0.05, 0) is 49.9 Å². The van der Waals surface area contributed by atoms with Gasteiger partial charge in [-0.15, -0.1) is 0 Å². The maximum absolute atomic E-state index is 10.3. The van der Waals surface area contributed by atoms with E-state index in [1.807, 2.05) is 37.3 Å². The highest BCUT2D eigenvalue weighted by atomic mass is 35.5. The number of nitrogens with zero attached hydrogens (tertiary/aromatic N) is 3. The van der Waals surface area contributed by atoms with E-state index < -0.39 is 5.60 Å². The molecule has 0 unspecified atom stereocenters. The van der Waals surface area contributed by atoms with Crippen molar-refractivity contribution in [1.29, 1.82) is 0 Å². The molecule has 1 aliphatic rings. The Labute approximate surface area is 151 Å². The monoisotopic (exact) mass is 356 g/mol. The van der Waals surface area contributed by atoms with Crippen LogP contribution in [0, 0.1) is 0 Å². The topological polar surface area (TPSA) is 63.0 Å². The molecule has 0 aliphatic heterocycles. The zero-order chi connectivity index (χ0) is 17.4. The second kappa shape index (κ2) is 6.32. The van der Waals surface area contributed by atoms with Gasteiger partial charge in [0.1, 0.15) is 17.8 Å². The molecule has 1 saturated carbocycles. The molecule has 0 bridgehead atoms. The minimum Gasteiger partial charge on any atom is -0.390 e. The average molecular weight is 357 g/mol. The van der Waals surface area contributed by atoms with Crippen LogP contribution in [0.15, 0.2) is 42.9 Å². The Morgan fingerprint density at radius 3 is 2.80 bits per heavy atom. The van der Waals surface area contributed by atoms with Crippen LogP contribution in [0.3, 0.4) is 0 Å². The molecule has 2 N–H and O–H groups in total. The smallest absolute Gasteiger partial charge is 0.145 e. The van der Waals surface area contributed by atoms with Crippen molar-refractivity contribution in [1.82, 2.24) is 14.5 Å². The first-order valence-electron chi connectivity index (χ1n) is 8.54. The summed E-state index contributed by atoms with van der Waals surface area (Å²) < 4.78 is 2.17. The molecule has 1 fully saturated rings. The highest BCUT2D eigenvalue weighted by Gasteiger charge is 2.34. The first-order chi connectivity index (χ1) is 12.0. The number of nitrogens with one attached hydrogen (secondary N) is 1. The van der Waals surface area contributed by atoms with Gasteiger partial charge in [0.15, 0.2) is 0 Å². The van der Waals surface area contributed by atoms with E-state index in [1.54, 1.807) is 6.33 Å². The number of benzene rings is 1. The van der Waals surface area contributed by atoms with Crippen LogP contribution >= 0.6 is 11.6 Å². The highest BCUT2D eigenvalue weighted by molar-refractivity contribution is 6.30. The number of anilines is 1. The summed E-state index contributed by atoms with van der Waals surface area (Å²) in [5.74, 6) is 0.823. The van der Waals surface area contributed by atoms with Crippen LogP contribution in [0.25, 0.3) is 11.0 Å². The van der Waals surface area contributed by atoms with Crippen LogP contribution in [0.4, 0.5) is 5.82 Å². The lowest BCUT2D eigenvalue weighted by atomic mass is 10.1. The summed E-state index contributed by atoms with van der Waals surface area (Å²) in [6, 6.07) is 10.1. The van der Waals surface area contributed by atoms with Gasteiger partial charge in [-0.1, -0.05) is 23.7 Å². The van der Waals surface area contributed by atoms with Gasteiger partial charge >= 0.3 is 0 Å². The van der Waals surface area contributed by atoms with E-state index in [2.05, 4.69) is 26.0 Å². The summed E-state index contributed by atoms with van der Waals surface area (Å²) in [4.78, 5) is 8.87. The fraction of sp³-hybridized carbons (Fsp3) is 0.368. The Morgan fingerprint density at radius 1 is 1.28 bits per heavy atom. The second-order valence-electron chi connectivity index (χ2n) is 7.06. The minimum atomic E-state index is -0.579. The summed E-state index contributed by atoms with van der Waals surface area (Å²) in [6.07, 6.45) is 6.20. The van der Waals surface area contributed by atoms with Gasteiger partial charge in [0.25, 0.3) is 0 Å². The molecule has 0 saturated heterocycles. The normalized spacial score (nSPS) is 23.2. The van der Waals surface area contributed by atoms with E-state index in [4.69, 9.17) is 11.6 Å². The summed E-state index contributed by atoms with van der Waals surface area (Å²) in [5.41, 5.74) is 1.47. The number of aliphatic hydroxyl groups is 1. The van der Waals surface area contributed by atoms with Crippen molar-refractivity contribution in [3.8, 4) is 0 Å². The van der Waals surface area contributed by atoms with E-state index in [-0.39, 0.29) is 6.04 Å². The molecule has 2 atom stereocenters. The van der Waals surface area contributed by atoms with Crippen molar-refractivity contribution in [3.63, 3.8) is 0 Å². The predicted octanol–water partition coefficient (Wildman–Crippen LogP) is 4.17. The van der Waals surface area contributed by atoms with Crippen LogP contribution in [-0.4, -0.2) is 25.2 Å². The van der Waals surface area contributed by atoms with Gasteiger partial charge in [0.05, 0.1) is 11.0 Å². The molecule has 1 aliphatic carbocycles. The van der Waals surface area contributed by atoms with Gasteiger partial charge in [-0.2, -0.15) is 0 Å². The molecule has 0 amide bonds.